The zero-order valence-corrected chi connectivity index (χ0v) is 14.3. The van der Waals surface area contributed by atoms with Crippen LogP contribution < -0.4 is 5.32 Å². The molecular formula is C15H18ClN3O2S. The summed E-state index contributed by atoms with van der Waals surface area (Å²) in [7, 11) is 0. The summed E-state index contributed by atoms with van der Waals surface area (Å²) in [6.07, 6.45) is 0.179. The largest absolute Gasteiger partial charge is 0.480 e. The molecule has 0 aromatic heterocycles. The number of aliphatic carboxylic acids is 1. The molecule has 0 aliphatic carbocycles. The Labute approximate surface area is 140 Å². The van der Waals surface area contributed by atoms with Gasteiger partial charge in [0.2, 0.25) is 0 Å². The van der Waals surface area contributed by atoms with Crippen molar-refractivity contribution in [3.63, 3.8) is 0 Å². The fraction of sp³-hybridized carbons (Fsp3) is 0.400. The van der Waals surface area contributed by atoms with E-state index < -0.39 is 11.5 Å². The average Bonchev–Trinajstić information content (AvgIpc) is 2.42. The predicted molar refractivity (Wildman–Crippen MR) is 91.1 cm³/mol. The summed E-state index contributed by atoms with van der Waals surface area (Å²) in [4.78, 5) is 13.0. The smallest absolute Gasteiger partial charge is 0.329 e. The van der Waals surface area contributed by atoms with Crippen LogP contribution in [0.5, 0.6) is 0 Å². The zero-order chi connectivity index (χ0) is 16.9. The second-order valence-corrected chi connectivity index (χ2v) is 6.14. The van der Waals surface area contributed by atoms with Crippen molar-refractivity contribution in [3.05, 3.63) is 28.8 Å². The first kappa shape index (κ1) is 18.2. The molecule has 0 fully saturated rings. The summed E-state index contributed by atoms with van der Waals surface area (Å²) in [5.41, 5.74) is 0.419. The van der Waals surface area contributed by atoms with Crippen molar-refractivity contribution in [2.24, 2.45) is 0 Å². The summed E-state index contributed by atoms with van der Waals surface area (Å²) in [5.74, 6) is -1.01. The van der Waals surface area contributed by atoms with Crippen LogP contribution in [-0.4, -0.2) is 33.2 Å². The molecule has 22 heavy (non-hydrogen) atoms. The lowest BCUT2D eigenvalue weighted by Crippen LogP contribution is -2.54. The van der Waals surface area contributed by atoms with Crippen LogP contribution >= 0.6 is 23.8 Å². The van der Waals surface area contributed by atoms with Gasteiger partial charge in [0.25, 0.3) is 0 Å². The van der Waals surface area contributed by atoms with Crippen LogP contribution in [0.25, 0.3) is 0 Å². The van der Waals surface area contributed by atoms with Gasteiger partial charge in [-0.15, -0.1) is 0 Å². The highest BCUT2D eigenvalue weighted by Crippen LogP contribution is 2.22. The zero-order valence-electron chi connectivity index (χ0n) is 12.7. The van der Waals surface area contributed by atoms with Crippen LogP contribution in [-0.2, 0) is 4.79 Å². The Balaban J connectivity index is 3.02. The number of hydrogen-bond donors (Lipinski definition) is 2. The van der Waals surface area contributed by atoms with Crippen LogP contribution in [0.2, 0.25) is 5.02 Å². The highest BCUT2D eigenvalue weighted by atomic mass is 35.5. The van der Waals surface area contributed by atoms with Crippen molar-refractivity contribution in [1.29, 1.82) is 5.26 Å². The van der Waals surface area contributed by atoms with E-state index in [2.05, 4.69) is 5.32 Å². The van der Waals surface area contributed by atoms with E-state index >= 15 is 0 Å². The molecule has 1 rings (SSSR count). The van der Waals surface area contributed by atoms with Crippen molar-refractivity contribution >= 4 is 40.6 Å². The first-order valence-electron chi connectivity index (χ1n) is 6.65. The highest BCUT2D eigenvalue weighted by molar-refractivity contribution is 7.80. The molecular weight excluding hydrogens is 322 g/mol. The lowest BCUT2D eigenvalue weighted by Gasteiger charge is -2.36. The molecule has 0 bridgehead atoms. The fourth-order valence-corrected chi connectivity index (χ4v) is 2.52. The van der Waals surface area contributed by atoms with E-state index in [1.165, 1.54) is 4.90 Å². The van der Waals surface area contributed by atoms with E-state index in [9.17, 15) is 9.90 Å². The number of hydrogen-bond acceptors (Lipinski definition) is 3. The van der Waals surface area contributed by atoms with E-state index in [0.717, 1.165) is 11.3 Å². The normalized spacial score (nSPS) is 10.7. The van der Waals surface area contributed by atoms with Gasteiger partial charge >= 0.3 is 5.97 Å². The number of nitrogens with one attached hydrogen (secondary N) is 1. The Hall–Kier alpha value is -1.84. The maximum atomic E-state index is 11.5. The maximum absolute atomic E-state index is 11.5. The molecule has 0 saturated carbocycles. The molecule has 0 saturated heterocycles. The van der Waals surface area contributed by atoms with Crippen molar-refractivity contribution in [2.75, 3.05) is 11.9 Å². The van der Waals surface area contributed by atoms with Crippen LogP contribution in [0.1, 0.15) is 25.8 Å². The Kier molecular flexibility index (Phi) is 6.15. The molecule has 5 nitrogen and oxygen atoms in total. The van der Waals surface area contributed by atoms with E-state index in [1.54, 1.807) is 32.0 Å². The molecule has 1 aromatic carbocycles. The number of thiocarbonyl (C=S) groups is 1. The number of rotatable bonds is 5. The van der Waals surface area contributed by atoms with Crippen LogP contribution in [0.4, 0.5) is 5.69 Å². The molecule has 0 spiro atoms. The molecule has 0 unspecified atom stereocenters. The molecule has 1 aromatic rings. The first-order chi connectivity index (χ1) is 10.2. The number of benzene rings is 1. The molecule has 0 aliphatic heterocycles. The maximum Gasteiger partial charge on any atom is 0.329 e. The number of carboxylic acids is 1. The third kappa shape index (κ3) is 4.33. The van der Waals surface area contributed by atoms with Crippen molar-refractivity contribution in [2.45, 2.75) is 32.7 Å². The second-order valence-electron chi connectivity index (χ2n) is 5.31. The quantitative estimate of drug-likeness (QED) is 0.800. The minimum atomic E-state index is -1.22. The Morgan fingerprint density at radius 3 is 2.68 bits per heavy atom. The summed E-state index contributed by atoms with van der Waals surface area (Å²) in [6.45, 7) is 5.21. The number of nitrogens with zero attached hydrogens (tertiary/aromatic N) is 2. The van der Waals surface area contributed by atoms with Gasteiger partial charge < -0.3 is 15.3 Å². The van der Waals surface area contributed by atoms with Gasteiger partial charge in [0.15, 0.2) is 5.11 Å². The SMILES string of the molecule is Cc1cc(Cl)ccc1NC(=S)N(CCC#N)C(C)(C)C(=O)O. The van der Waals surface area contributed by atoms with Gasteiger partial charge in [0.1, 0.15) is 5.54 Å². The average molecular weight is 340 g/mol. The lowest BCUT2D eigenvalue weighted by molar-refractivity contribution is -0.146. The number of carbonyl (C=O) groups is 1. The van der Waals surface area contributed by atoms with E-state index in [0.29, 0.717) is 5.02 Å². The van der Waals surface area contributed by atoms with Gasteiger partial charge in [-0.1, -0.05) is 11.6 Å². The molecule has 7 heteroatoms. The third-order valence-electron chi connectivity index (χ3n) is 3.32. The van der Waals surface area contributed by atoms with Gasteiger partial charge in [0.05, 0.1) is 12.5 Å². The topological polar surface area (TPSA) is 76.4 Å². The first-order valence-corrected chi connectivity index (χ1v) is 7.44. The molecule has 0 radical (unpaired) electrons. The Morgan fingerprint density at radius 2 is 2.18 bits per heavy atom. The number of nitriles is 1. The van der Waals surface area contributed by atoms with Gasteiger partial charge in [-0.25, -0.2) is 4.79 Å². The minimum Gasteiger partial charge on any atom is -0.480 e. The van der Waals surface area contributed by atoms with Crippen molar-refractivity contribution in [1.82, 2.24) is 4.90 Å². The Bertz CT molecular complexity index is 626. The lowest BCUT2D eigenvalue weighted by atomic mass is 10.0. The van der Waals surface area contributed by atoms with E-state index in [-0.39, 0.29) is 18.1 Å². The van der Waals surface area contributed by atoms with E-state index in [1.807, 2.05) is 13.0 Å². The van der Waals surface area contributed by atoms with Gasteiger partial charge in [0, 0.05) is 17.3 Å². The monoisotopic (exact) mass is 339 g/mol. The summed E-state index contributed by atoms with van der Waals surface area (Å²) in [6, 6.07) is 7.30. The molecule has 0 aliphatic rings. The van der Waals surface area contributed by atoms with Gasteiger partial charge in [-0.05, 0) is 56.8 Å². The second kappa shape index (κ2) is 7.43. The standard InChI is InChI=1S/C15H18ClN3O2S/c1-10-9-11(16)5-6-12(10)18-14(22)19(8-4-7-17)15(2,3)13(20)21/h5-6,9H,4,8H2,1-3H3,(H,18,22)(H,20,21). The van der Waals surface area contributed by atoms with Crippen LogP contribution in [0, 0.1) is 18.3 Å². The van der Waals surface area contributed by atoms with Crippen LogP contribution in [0.3, 0.4) is 0 Å². The molecule has 118 valence electrons. The predicted octanol–water partition coefficient (Wildman–Crippen LogP) is 3.42. The van der Waals surface area contributed by atoms with Crippen LogP contribution in [0.15, 0.2) is 18.2 Å². The molecule has 0 atom stereocenters. The molecule has 0 amide bonds. The minimum absolute atomic E-state index is 0.179. The fourth-order valence-electron chi connectivity index (χ4n) is 1.86. The summed E-state index contributed by atoms with van der Waals surface area (Å²) >= 11 is 11.3. The van der Waals surface area contributed by atoms with Crippen molar-refractivity contribution in [3.8, 4) is 6.07 Å². The Morgan fingerprint density at radius 1 is 1.55 bits per heavy atom. The molecule has 2 N–H and O–H groups in total. The van der Waals surface area contributed by atoms with Gasteiger partial charge in [-0.3, -0.25) is 0 Å². The van der Waals surface area contributed by atoms with E-state index in [4.69, 9.17) is 29.1 Å². The van der Waals surface area contributed by atoms with Crippen molar-refractivity contribution < 1.29 is 9.90 Å². The highest BCUT2D eigenvalue weighted by Gasteiger charge is 2.36. The molecule has 0 heterocycles. The third-order valence-corrected chi connectivity index (χ3v) is 3.88. The van der Waals surface area contributed by atoms with Gasteiger partial charge in [-0.2, -0.15) is 5.26 Å². The number of carboxylic acid groups (broad SMARTS) is 1. The summed E-state index contributed by atoms with van der Waals surface area (Å²) in [5, 5.41) is 22.1. The summed E-state index contributed by atoms with van der Waals surface area (Å²) < 4.78 is 0. The number of anilines is 1. The number of aryl methyl sites for hydroxylation is 1. The number of halogens is 1.